The van der Waals surface area contributed by atoms with Crippen LogP contribution >= 0.6 is 0 Å². The molecule has 1 aliphatic heterocycles. The molecule has 0 spiro atoms. The van der Waals surface area contributed by atoms with Gasteiger partial charge in [0.25, 0.3) is 10.0 Å². The summed E-state index contributed by atoms with van der Waals surface area (Å²) in [6.07, 6.45) is 2.12. The smallest absolute Gasteiger partial charge is 0.260 e. The highest BCUT2D eigenvalue weighted by atomic mass is 32.2. The predicted molar refractivity (Wildman–Crippen MR) is 59.3 cm³/mol. The third-order valence-electron chi connectivity index (χ3n) is 2.98. The van der Waals surface area contributed by atoms with E-state index in [9.17, 15) is 8.42 Å². The lowest BCUT2D eigenvalue weighted by atomic mass is 9.91. The van der Waals surface area contributed by atoms with E-state index in [1.165, 1.54) is 10.5 Å². The molecule has 1 aliphatic rings. The first-order chi connectivity index (χ1) is 7.37. The molecule has 7 heteroatoms. The van der Waals surface area contributed by atoms with Crippen molar-refractivity contribution in [3.8, 4) is 0 Å². The van der Waals surface area contributed by atoms with Crippen LogP contribution in [-0.2, 0) is 10.0 Å². The van der Waals surface area contributed by atoms with Gasteiger partial charge in [-0.15, -0.1) is 0 Å². The standard InChI is InChI=1S/C9H16N4O2S/c1-3-9(10)5-13(6-9)16(14,15)8-4-11-7(2)12-8/h4H,3,5-6,10H2,1-2H3,(H,11,12). The Labute approximate surface area is 94.9 Å². The van der Waals surface area contributed by atoms with Crippen molar-refractivity contribution >= 4 is 10.0 Å². The topological polar surface area (TPSA) is 92.1 Å². The quantitative estimate of drug-likeness (QED) is 0.772. The second-order valence-electron chi connectivity index (χ2n) is 4.32. The van der Waals surface area contributed by atoms with Gasteiger partial charge in [-0.05, 0) is 13.3 Å². The molecule has 0 saturated carbocycles. The predicted octanol–water partition coefficient (Wildman–Crippen LogP) is -0.170. The van der Waals surface area contributed by atoms with Gasteiger partial charge >= 0.3 is 0 Å². The fourth-order valence-corrected chi connectivity index (χ4v) is 3.31. The van der Waals surface area contributed by atoms with Gasteiger partial charge in [-0.3, -0.25) is 0 Å². The van der Waals surface area contributed by atoms with Gasteiger partial charge in [-0.1, -0.05) is 6.92 Å². The van der Waals surface area contributed by atoms with Crippen LogP contribution in [0.25, 0.3) is 0 Å². The van der Waals surface area contributed by atoms with Crippen LogP contribution in [0.4, 0.5) is 0 Å². The highest BCUT2D eigenvalue weighted by Crippen LogP contribution is 2.27. The number of aryl methyl sites for hydroxylation is 1. The molecule has 6 nitrogen and oxygen atoms in total. The van der Waals surface area contributed by atoms with Crippen molar-refractivity contribution in [3.05, 3.63) is 12.0 Å². The minimum Gasteiger partial charge on any atom is -0.332 e. The van der Waals surface area contributed by atoms with E-state index in [4.69, 9.17) is 5.73 Å². The van der Waals surface area contributed by atoms with Crippen molar-refractivity contribution in [2.45, 2.75) is 30.8 Å². The molecule has 0 amide bonds. The molecule has 2 rings (SSSR count). The molecule has 2 heterocycles. The van der Waals surface area contributed by atoms with Crippen LogP contribution in [0, 0.1) is 6.92 Å². The summed E-state index contributed by atoms with van der Waals surface area (Å²) < 4.78 is 25.4. The maximum atomic E-state index is 12.0. The molecule has 1 saturated heterocycles. The molecule has 0 aromatic carbocycles. The largest absolute Gasteiger partial charge is 0.332 e. The molecule has 0 aliphatic carbocycles. The Morgan fingerprint density at radius 1 is 1.62 bits per heavy atom. The number of rotatable bonds is 3. The first-order valence-electron chi connectivity index (χ1n) is 5.18. The fourth-order valence-electron chi connectivity index (χ4n) is 1.72. The van der Waals surface area contributed by atoms with Crippen molar-refractivity contribution in [1.29, 1.82) is 0 Å². The summed E-state index contributed by atoms with van der Waals surface area (Å²) in [6, 6.07) is 0. The third-order valence-corrected chi connectivity index (χ3v) is 4.69. The van der Waals surface area contributed by atoms with Gasteiger partial charge in [0.05, 0.1) is 6.20 Å². The number of H-pyrrole nitrogens is 1. The van der Waals surface area contributed by atoms with E-state index >= 15 is 0 Å². The second kappa shape index (κ2) is 3.54. The Morgan fingerprint density at radius 2 is 2.25 bits per heavy atom. The van der Waals surface area contributed by atoms with E-state index in [-0.39, 0.29) is 10.6 Å². The minimum atomic E-state index is -3.43. The zero-order chi connectivity index (χ0) is 12.0. The highest BCUT2D eigenvalue weighted by molar-refractivity contribution is 7.89. The lowest BCUT2D eigenvalue weighted by Gasteiger charge is -2.45. The molecule has 0 unspecified atom stereocenters. The van der Waals surface area contributed by atoms with Gasteiger partial charge in [0.2, 0.25) is 0 Å². The van der Waals surface area contributed by atoms with Crippen LogP contribution in [0.15, 0.2) is 11.2 Å². The van der Waals surface area contributed by atoms with Crippen molar-refractivity contribution in [3.63, 3.8) is 0 Å². The summed E-state index contributed by atoms with van der Waals surface area (Å²) >= 11 is 0. The molecular weight excluding hydrogens is 228 g/mol. The number of sulfonamides is 1. The molecule has 3 N–H and O–H groups in total. The summed E-state index contributed by atoms with van der Waals surface area (Å²) in [5, 5.41) is 0.142. The molecule has 1 aromatic heterocycles. The average Bonchev–Trinajstić information content (AvgIpc) is 2.60. The monoisotopic (exact) mass is 244 g/mol. The van der Waals surface area contributed by atoms with E-state index < -0.39 is 10.0 Å². The Balaban J connectivity index is 2.17. The highest BCUT2D eigenvalue weighted by Gasteiger charge is 2.45. The molecule has 16 heavy (non-hydrogen) atoms. The van der Waals surface area contributed by atoms with Crippen LogP contribution in [0.1, 0.15) is 19.2 Å². The maximum absolute atomic E-state index is 12.0. The van der Waals surface area contributed by atoms with Gasteiger partial charge in [-0.2, -0.15) is 4.31 Å². The van der Waals surface area contributed by atoms with Crippen molar-refractivity contribution in [2.24, 2.45) is 5.73 Å². The summed E-state index contributed by atoms with van der Waals surface area (Å²) in [7, 11) is -3.43. The molecule has 0 atom stereocenters. The third kappa shape index (κ3) is 1.74. The Morgan fingerprint density at radius 3 is 2.69 bits per heavy atom. The van der Waals surface area contributed by atoms with Gasteiger partial charge in [-0.25, -0.2) is 13.4 Å². The SMILES string of the molecule is CCC1(N)CN(S(=O)(=O)c2cnc(C)[nH]2)C1. The zero-order valence-corrected chi connectivity index (χ0v) is 10.2. The number of nitrogens with two attached hydrogens (primary N) is 1. The number of aromatic nitrogens is 2. The molecule has 90 valence electrons. The Kier molecular flexibility index (Phi) is 2.56. The number of nitrogens with one attached hydrogen (secondary N) is 1. The molecule has 1 aromatic rings. The van der Waals surface area contributed by atoms with Crippen LogP contribution in [0.5, 0.6) is 0 Å². The first kappa shape index (κ1) is 11.6. The van der Waals surface area contributed by atoms with Crippen LogP contribution < -0.4 is 5.73 Å². The van der Waals surface area contributed by atoms with Gasteiger partial charge in [0.1, 0.15) is 5.82 Å². The Hall–Kier alpha value is -0.920. The molecular formula is C9H16N4O2S. The number of nitrogens with zero attached hydrogens (tertiary/aromatic N) is 2. The van der Waals surface area contributed by atoms with Crippen LogP contribution in [-0.4, -0.2) is 41.3 Å². The first-order valence-corrected chi connectivity index (χ1v) is 6.62. The number of aromatic amines is 1. The fraction of sp³-hybridized carbons (Fsp3) is 0.667. The van der Waals surface area contributed by atoms with Crippen molar-refractivity contribution < 1.29 is 8.42 Å². The van der Waals surface area contributed by atoms with Gasteiger partial charge < -0.3 is 10.7 Å². The molecule has 0 bridgehead atoms. The summed E-state index contributed by atoms with van der Waals surface area (Å²) in [6.45, 7) is 4.44. The lowest BCUT2D eigenvalue weighted by Crippen LogP contribution is -2.68. The molecule has 0 radical (unpaired) electrons. The summed E-state index contributed by atoms with van der Waals surface area (Å²) in [5.41, 5.74) is 5.58. The lowest BCUT2D eigenvalue weighted by molar-refractivity contribution is 0.153. The van der Waals surface area contributed by atoms with E-state index in [0.29, 0.717) is 18.9 Å². The number of imidazole rings is 1. The second-order valence-corrected chi connectivity index (χ2v) is 6.23. The number of hydrogen-bond acceptors (Lipinski definition) is 4. The average molecular weight is 244 g/mol. The summed E-state index contributed by atoms with van der Waals surface area (Å²) in [4.78, 5) is 6.62. The normalized spacial score (nSPS) is 20.7. The zero-order valence-electron chi connectivity index (χ0n) is 9.40. The van der Waals surface area contributed by atoms with E-state index in [1.807, 2.05) is 6.92 Å². The minimum absolute atomic E-state index is 0.142. The van der Waals surface area contributed by atoms with Crippen LogP contribution in [0.3, 0.4) is 0 Å². The van der Waals surface area contributed by atoms with E-state index in [2.05, 4.69) is 9.97 Å². The maximum Gasteiger partial charge on any atom is 0.260 e. The van der Waals surface area contributed by atoms with Gasteiger partial charge in [0, 0.05) is 18.6 Å². The Bertz CT molecular complexity index is 487. The van der Waals surface area contributed by atoms with Crippen molar-refractivity contribution in [2.75, 3.05) is 13.1 Å². The van der Waals surface area contributed by atoms with E-state index in [0.717, 1.165) is 6.42 Å². The molecule has 1 fully saturated rings. The van der Waals surface area contributed by atoms with Crippen LogP contribution in [0.2, 0.25) is 0 Å². The van der Waals surface area contributed by atoms with E-state index in [1.54, 1.807) is 6.92 Å². The van der Waals surface area contributed by atoms with Gasteiger partial charge in [0.15, 0.2) is 5.03 Å². The van der Waals surface area contributed by atoms with Crippen molar-refractivity contribution in [1.82, 2.24) is 14.3 Å². The number of hydrogen-bond donors (Lipinski definition) is 2. The summed E-state index contributed by atoms with van der Waals surface area (Å²) in [5.74, 6) is 0.591.